The van der Waals surface area contributed by atoms with Gasteiger partial charge in [0.2, 0.25) is 0 Å². The summed E-state index contributed by atoms with van der Waals surface area (Å²) in [5.41, 5.74) is 0. The summed E-state index contributed by atoms with van der Waals surface area (Å²) < 4.78 is 5.46. The van der Waals surface area contributed by atoms with E-state index in [2.05, 4.69) is 30.6 Å². The van der Waals surface area contributed by atoms with Crippen LogP contribution < -0.4 is 5.32 Å². The van der Waals surface area contributed by atoms with Gasteiger partial charge >= 0.3 is 0 Å². The maximum Gasteiger partial charge on any atom is 0.0591 e. The molecule has 15 heavy (non-hydrogen) atoms. The summed E-state index contributed by atoms with van der Waals surface area (Å²) in [6.07, 6.45) is 5.52. The third-order valence-corrected chi connectivity index (χ3v) is 4.10. The third kappa shape index (κ3) is 5.59. The van der Waals surface area contributed by atoms with Crippen molar-refractivity contribution in [3.05, 3.63) is 12.7 Å². The molecule has 0 spiro atoms. The van der Waals surface area contributed by atoms with E-state index in [0.717, 1.165) is 31.4 Å². The van der Waals surface area contributed by atoms with E-state index in [-0.39, 0.29) is 0 Å². The van der Waals surface area contributed by atoms with Gasteiger partial charge in [0.15, 0.2) is 0 Å². The molecule has 0 aromatic rings. The van der Waals surface area contributed by atoms with Gasteiger partial charge in [-0.3, -0.25) is 0 Å². The highest BCUT2D eigenvalue weighted by molar-refractivity contribution is 7.99. The lowest BCUT2D eigenvalue weighted by Gasteiger charge is -2.29. The second-order valence-electron chi connectivity index (χ2n) is 3.97. The Hall–Kier alpha value is 0.0100. The van der Waals surface area contributed by atoms with E-state index in [9.17, 15) is 0 Å². The van der Waals surface area contributed by atoms with Gasteiger partial charge in [-0.15, -0.1) is 6.58 Å². The molecule has 0 bridgehead atoms. The fourth-order valence-corrected chi connectivity index (χ4v) is 2.95. The van der Waals surface area contributed by atoms with E-state index in [1.165, 1.54) is 18.6 Å². The van der Waals surface area contributed by atoms with E-state index in [1.807, 2.05) is 6.08 Å². The summed E-state index contributed by atoms with van der Waals surface area (Å²) in [5, 5.41) is 4.33. The van der Waals surface area contributed by atoms with Crippen molar-refractivity contribution in [2.75, 3.05) is 25.5 Å². The van der Waals surface area contributed by atoms with Crippen molar-refractivity contribution in [2.24, 2.45) is 0 Å². The molecule has 0 aromatic carbocycles. The molecule has 2 unspecified atom stereocenters. The highest BCUT2D eigenvalue weighted by atomic mass is 32.2. The predicted molar refractivity (Wildman–Crippen MR) is 68.6 cm³/mol. The minimum absolute atomic E-state index is 0.687. The molecular weight excluding hydrogens is 206 g/mol. The Bertz CT molecular complexity index is 175. The molecule has 3 heteroatoms. The first-order valence-electron chi connectivity index (χ1n) is 5.88. The maximum absolute atomic E-state index is 5.46. The zero-order valence-corrected chi connectivity index (χ0v) is 10.5. The lowest BCUT2D eigenvalue weighted by molar-refractivity contribution is 0.137. The fraction of sp³-hybridized carbons (Fsp3) is 0.833. The normalized spacial score (nSPS) is 26.5. The van der Waals surface area contributed by atoms with Crippen molar-refractivity contribution in [1.29, 1.82) is 0 Å². The monoisotopic (exact) mass is 229 g/mol. The first-order chi connectivity index (χ1) is 7.34. The number of hydrogen-bond donors (Lipinski definition) is 1. The molecule has 1 heterocycles. The summed E-state index contributed by atoms with van der Waals surface area (Å²) in [6, 6.07) is 0.687. The summed E-state index contributed by atoms with van der Waals surface area (Å²) in [7, 11) is 0. The lowest BCUT2D eigenvalue weighted by Crippen LogP contribution is -2.40. The van der Waals surface area contributed by atoms with Crippen LogP contribution in [0, 0.1) is 0 Å². The fourth-order valence-electron chi connectivity index (χ4n) is 1.78. The highest BCUT2D eigenvalue weighted by Gasteiger charge is 2.20. The van der Waals surface area contributed by atoms with Crippen LogP contribution in [0.2, 0.25) is 0 Å². The lowest BCUT2D eigenvalue weighted by atomic mass is 10.1. The zero-order chi connectivity index (χ0) is 10.9. The topological polar surface area (TPSA) is 21.3 Å². The van der Waals surface area contributed by atoms with Crippen LogP contribution >= 0.6 is 11.8 Å². The smallest absolute Gasteiger partial charge is 0.0591 e. The molecule has 1 saturated heterocycles. The van der Waals surface area contributed by atoms with E-state index in [4.69, 9.17) is 4.74 Å². The average Bonchev–Trinajstić information content (AvgIpc) is 2.25. The van der Waals surface area contributed by atoms with Gasteiger partial charge in [0, 0.05) is 17.8 Å². The molecule has 88 valence electrons. The number of hydrogen-bond acceptors (Lipinski definition) is 3. The number of nitrogens with one attached hydrogen (secondary N) is 1. The SMILES string of the molecule is C=CCCOCCNC1CCCSC1C. The van der Waals surface area contributed by atoms with Gasteiger partial charge in [-0.05, 0) is 25.0 Å². The van der Waals surface area contributed by atoms with Crippen molar-refractivity contribution < 1.29 is 4.74 Å². The Morgan fingerprint density at radius 2 is 2.40 bits per heavy atom. The molecule has 1 N–H and O–H groups in total. The summed E-state index contributed by atoms with van der Waals surface area (Å²) in [6.45, 7) is 8.59. The van der Waals surface area contributed by atoms with Crippen molar-refractivity contribution in [3.8, 4) is 0 Å². The van der Waals surface area contributed by atoms with E-state index in [0.29, 0.717) is 6.04 Å². The molecular formula is C12H23NOS. The molecule has 0 radical (unpaired) electrons. The summed E-state index contributed by atoms with van der Waals surface area (Å²) in [5.74, 6) is 1.33. The van der Waals surface area contributed by atoms with Crippen LogP contribution in [0.1, 0.15) is 26.2 Å². The van der Waals surface area contributed by atoms with Crippen molar-refractivity contribution in [2.45, 2.75) is 37.5 Å². The maximum atomic E-state index is 5.46. The first kappa shape index (κ1) is 13.1. The minimum atomic E-state index is 0.687. The molecule has 1 fully saturated rings. The summed E-state index contributed by atoms with van der Waals surface area (Å²) in [4.78, 5) is 0. The van der Waals surface area contributed by atoms with Gasteiger partial charge < -0.3 is 10.1 Å². The molecule has 0 saturated carbocycles. The Labute approximate surface area is 97.8 Å². The number of rotatable bonds is 7. The van der Waals surface area contributed by atoms with E-state index >= 15 is 0 Å². The van der Waals surface area contributed by atoms with Gasteiger partial charge in [0.05, 0.1) is 13.2 Å². The highest BCUT2D eigenvalue weighted by Crippen LogP contribution is 2.24. The van der Waals surface area contributed by atoms with Crippen molar-refractivity contribution in [1.82, 2.24) is 5.32 Å². The number of ether oxygens (including phenoxy) is 1. The Morgan fingerprint density at radius 3 is 3.13 bits per heavy atom. The Morgan fingerprint density at radius 1 is 1.53 bits per heavy atom. The largest absolute Gasteiger partial charge is 0.380 e. The van der Waals surface area contributed by atoms with Gasteiger partial charge in [0.1, 0.15) is 0 Å². The average molecular weight is 229 g/mol. The minimum Gasteiger partial charge on any atom is -0.380 e. The van der Waals surface area contributed by atoms with Gasteiger partial charge in [0.25, 0.3) is 0 Å². The molecule has 0 aromatic heterocycles. The van der Waals surface area contributed by atoms with Crippen molar-refractivity contribution >= 4 is 11.8 Å². The Kier molecular flexibility index (Phi) is 7.14. The predicted octanol–water partition coefficient (Wildman–Crippen LogP) is 2.45. The summed E-state index contributed by atoms with van der Waals surface area (Å²) >= 11 is 2.08. The van der Waals surface area contributed by atoms with Crippen LogP contribution in [0.3, 0.4) is 0 Å². The number of thioether (sulfide) groups is 1. The zero-order valence-electron chi connectivity index (χ0n) is 9.71. The standard InChI is InChI=1S/C12H23NOS/c1-3-4-8-14-9-7-13-12-6-5-10-15-11(12)2/h3,11-13H,1,4-10H2,2H3. The van der Waals surface area contributed by atoms with Gasteiger partial charge in [-0.1, -0.05) is 13.0 Å². The van der Waals surface area contributed by atoms with Crippen LogP contribution in [-0.2, 0) is 4.74 Å². The molecule has 1 aliphatic heterocycles. The van der Waals surface area contributed by atoms with Crippen molar-refractivity contribution in [3.63, 3.8) is 0 Å². The molecule has 1 rings (SSSR count). The van der Waals surface area contributed by atoms with E-state index < -0.39 is 0 Å². The quantitative estimate of drug-likeness (QED) is 0.535. The van der Waals surface area contributed by atoms with E-state index in [1.54, 1.807) is 0 Å². The van der Waals surface area contributed by atoms with Gasteiger partial charge in [-0.25, -0.2) is 0 Å². The third-order valence-electron chi connectivity index (χ3n) is 2.73. The molecule has 2 nitrogen and oxygen atoms in total. The van der Waals surface area contributed by atoms with Gasteiger partial charge in [-0.2, -0.15) is 11.8 Å². The second-order valence-corrected chi connectivity index (χ2v) is 5.45. The second kappa shape index (κ2) is 8.20. The van der Waals surface area contributed by atoms with Crippen LogP contribution in [-0.4, -0.2) is 36.8 Å². The first-order valence-corrected chi connectivity index (χ1v) is 6.93. The molecule has 1 aliphatic rings. The Balaban J connectivity index is 1.96. The molecule has 0 aliphatic carbocycles. The van der Waals surface area contributed by atoms with Crippen LogP contribution in [0.5, 0.6) is 0 Å². The van der Waals surface area contributed by atoms with Crippen LogP contribution in [0.15, 0.2) is 12.7 Å². The van der Waals surface area contributed by atoms with Crippen LogP contribution in [0.4, 0.5) is 0 Å². The molecule has 2 atom stereocenters. The molecule has 0 amide bonds. The van der Waals surface area contributed by atoms with Crippen LogP contribution in [0.25, 0.3) is 0 Å².